The topological polar surface area (TPSA) is 103 Å². The number of nitriles is 2. The van der Waals surface area contributed by atoms with E-state index in [4.69, 9.17) is 28.5 Å². The molecule has 0 radical (unpaired) electrons. The van der Waals surface area contributed by atoms with Gasteiger partial charge in [-0.05, 0) is 12.2 Å². The first-order valence-electron chi connectivity index (χ1n) is 4.23. The summed E-state index contributed by atoms with van der Waals surface area (Å²) in [5.74, 6) is 0.0561. The van der Waals surface area contributed by atoms with E-state index < -0.39 is 0 Å². The summed E-state index contributed by atoms with van der Waals surface area (Å²) in [6, 6.07) is 3.58. The van der Waals surface area contributed by atoms with Crippen LogP contribution in [-0.4, -0.2) is 21.4 Å². The highest BCUT2D eigenvalue weighted by atomic mass is 32.1. The Bertz CT molecular complexity index is 515. The summed E-state index contributed by atoms with van der Waals surface area (Å²) in [6.07, 6.45) is 1.61. The zero-order chi connectivity index (χ0) is 12.1. The van der Waals surface area contributed by atoms with Crippen LogP contribution in [0.15, 0.2) is 12.7 Å². The molecule has 0 fully saturated rings. The van der Waals surface area contributed by atoms with Crippen molar-refractivity contribution in [2.24, 2.45) is 0 Å². The number of nitrogens with two attached hydrogens (primary N) is 1. The molecular formula is C9H8N6S. The molecule has 0 spiro atoms. The maximum Gasteiger partial charge on any atom is 0.196 e. The van der Waals surface area contributed by atoms with Crippen molar-refractivity contribution in [1.82, 2.24) is 15.1 Å². The average molecular weight is 232 g/mol. The second-order valence-corrected chi connectivity index (χ2v) is 3.11. The second kappa shape index (κ2) is 4.91. The molecule has 1 rings (SSSR count). The highest BCUT2D eigenvalue weighted by Crippen LogP contribution is 2.14. The minimum absolute atomic E-state index is 0.0326. The molecule has 0 aliphatic heterocycles. The van der Waals surface area contributed by atoms with Crippen molar-refractivity contribution in [1.29, 1.82) is 10.5 Å². The zero-order valence-electron chi connectivity index (χ0n) is 8.27. The molecule has 80 valence electrons. The molecular weight excluding hydrogens is 224 g/mol. The van der Waals surface area contributed by atoms with E-state index in [9.17, 15) is 0 Å². The molecule has 0 bridgehead atoms. The fourth-order valence-corrected chi connectivity index (χ4v) is 1.23. The Labute approximate surface area is 97.6 Å². The predicted octanol–water partition coefficient (Wildman–Crippen LogP) is 0.117. The van der Waals surface area contributed by atoms with E-state index in [2.05, 4.69) is 17.0 Å². The Morgan fingerprint density at radius 2 is 2.31 bits per heavy atom. The lowest BCUT2D eigenvalue weighted by Crippen LogP contribution is -2.30. The van der Waals surface area contributed by atoms with E-state index in [0.717, 1.165) is 4.68 Å². The van der Waals surface area contributed by atoms with Crippen molar-refractivity contribution in [2.45, 2.75) is 0 Å². The molecule has 0 aliphatic carbocycles. The van der Waals surface area contributed by atoms with Crippen LogP contribution >= 0.6 is 12.2 Å². The molecule has 0 aromatic carbocycles. The van der Waals surface area contributed by atoms with Gasteiger partial charge >= 0.3 is 0 Å². The normalized spacial score (nSPS) is 8.88. The number of hydrogen-bond acceptors (Lipinski definition) is 5. The number of nitrogens with zero attached hydrogens (tertiary/aromatic N) is 4. The molecule has 1 aromatic heterocycles. The Balaban J connectivity index is 3.13. The van der Waals surface area contributed by atoms with Crippen molar-refractivity contribution in [3.8, 4) is 12.1 Å². The summed E-state index contributed by atoms with van der Waals surface area (Å²) in [4.78, 5) is 0. The second-order valence-electron chi connectivity index (χ2n) is 2.72. The number of anilines is 1. The van der Waals surface area contributed by atoms with E-state index in [0.29, 0.717) is 6.54 Å². The summed E-state index contributed by atoms with van der Waals surface area (Å²) >= 11 is 4.98. The maximum absolute atomic E-state index is 8.79. The summed E-state index contributed by atoms with van der Waals surface area (Å²) in [5.41, 5.74) is 5.63. The van der Waals surface area contributed by atoms with Gasteiger partial charge in [-0.3, -0.25) is 0 Å². The Morgan fingerprint density at radius 3 is 2.75 bits per heavy atom. The van der Waals surface area contributed by atoms with Crippen LogP contribution in [0, 0.1) is 22.7 Å². The van der Waals surface area contributed by atoms with Gasteiger partial charge < -0.3 is 11.1 Å². The van der Waals surface area contributed by atoms with Crippen LogP contribution in [0.2, 0.25) is 0 Å². The van der Waals surface area contributed by atoms with Crippen LogP contribution in [0.5, 0.6) is 0 Å². The van der Waals surface area contributed by atoms with Crippen LogP contribution in [0.1, 0.15) is 11.3 Å². The van der Waals surface area contributed by atoms with Crippen molar-refractivity contribution in [3.05, 3.63) is 23.9 Å². The van der Waals surface area contributed by atoms with Gasteiger partial charge in [-0.1, -0.05) is 6.08 Å². The molecule has 6 nitrogen and oxygen atoms in total. The van der Waals surface area contributed by atoms with Crippen LogP contribution < -0.4 is 11.1 Å². The molecule has 3 N–H and O–H groups in total. The lowest BCUT2D eigenvalue weighted by atomic mass is 10.3. The van der Waals surface area contributed by atoms with Crippen molar-refractivity contribution in [2.75, 3.05) is 12.3 Å². The van der Waals surface area contributed by atoms with Gasteiger partial charge in [0, 0.05) is 6.54 Å². The van der Waals surface area contributed by atoms with Gasteiger partial charge in [0.25, 0.3) is 0 Å². The third kappa shape index (κ3) is 2.00. The van der Waals surface area contributed by atoms with E-state index >= 15 is 0 Å². The van der Waals surface area contributed by atoms with Gasteiger partial charge in [0.05, 0.1) is 0 Å². The first kappa shape index (κ1) is 11.7. The molecule has 1 aromatic rings. The SMILES string of the molecule is C=CCNC(=S)n1nc(C#N)c(C#N)c1N. The number of rotatable bonds is 2. The van der Waals surface area contributed by atoms with Crippen molar-refractivity contribution < 1.29 is 0 Å². The molecule has 0 amide bonds. The van der Waals surface area contributed by atoms with Gasteiger partial charge in [0.15, 0.2) is 10.8 Å². The summed E-state index contributed by atoms with van der Waals surface area (Å²) in [7, 11) is 0. The molecule has 0 atom stereocenters. The smallest absolute Gasteiger partial charge is 0.196 e. The molecule has 0 aliphatic rings. The van der Waals surface area contributed by atoms with Gasteiger partial charge in [-0.15, -0.1) is 6.58 Å². The van der Waals surface area contributed by atoms with E-state index in [1.165, 1.54) is 0 Å². The molecule has 16 heavy (non-hydrogen) atoms. The number of aromatic nitrogens is 2. The number of nitrogens with one attached hydrogen (secondary N) is 1. The van der Waals surface area contributed by atoms with Crippen LogP contribution in [0.3, 0.4) is 0 Å². The molecule has 7 heteroatoms. The lowest BCUT2D eigenvalue weighted by Gasteiger charge is -2.06. The average Bonchev–Trinajstić information content (AvgIpc) is 2.62. The predicted molar refractivity (Wildman–Crippen MR) is 62.3 cm³/mol. The fraction of sp³-hybridized carbons (Fsp3) is 0.111. The quantitative estimate of drug-likeness (QED) is 0.554. The largest absolute Gasteiger partial charge is 0.382 e. The van der Waals surface area contributed by atoms with E-state index in [1.807, 2.05) is 6.07 Å². The first-order chi connectivity index (χ1) is 7.65. The summed E-state index contributed by atoms with van der Waals surface area (Å²) in [6.45, 7) is 3.96. The third-order valence-corrected chi connectivity index (χ3v) is 2.05. The Morgan fingerprint density at radius 1 is 1.62 bits per heavy atom. The highest BCUT2D eigenvalue weighted by Gasteiger charge is 2.16. The molecule has 0 unspecified atom stereocenters. The Kier molecular flexibility index (Phi) is 3.59. The first-order valence-corrected chi connectivity index (χ1v) is 4.64. The van der Waals surface area contributed by atoms with Crippen molar-refractivity contribution in [3.63, 3.8) is 0 Å². The van der Waals surface area contributed by atoms with Gasteiger partial charge in [0.1, 0.15) is 23.5 Å². The zero-order valence-corrected chi connectivity index (χ0v) is 9.08. The monoisotopic (exact) mass is 232 g/mol. The van der Waals surface area contributed by atoms with E-state index in [-0.39, 0.29) is 22.2 Å². The molecule has 0 saturated carbocycles. The maximum atomic E-state index is 8.79. The minimum Gasteiger partial charge on any atom is -0.382 e. The minimum atomic E-state index is -0.0391. The van der Waals surface area contributed by atoms with Crippen LogP contribution in [0.25, 0.3) is 0 Å². The van der Waals surface area contributed by atoms with E-state index in [1.54, 1.807) is 12.1 Å². The number of nitrogen functional groups attached to an aromatic ring is 1. The van der Waals surface area contributed by atoms with Crippen molar-refractivity contribution >= 4 is 23.1 Å². The summed E-state index contributed by atoms with van der Waals surface area (Å²) in [5, 5.41) is 24.4. The van der Waals surface area contributed by atoms with Crippen LogP contribution in [0.4, 0.5) is 5.82 Å². The Hall–Kier alpha value is -2.38. The van der Waals surface area contributed by atoms with Crippen LogP contribution in [-0.2, 0) is 0 Å². The lowest BCUT2D eigenvalue weighted by molar-refractivity contribution is 0.884. The third-order valence-electron chi connectivity index (χ3n) is 1.73. The molecule has 0 saturated heterocycles. The van der Waals surface area contributed by atoms with Gasteiger partial charge in [-0.2, -0.15) is 20.3 Å². The number of thiocarbonyl (C=S) groups is 1. The van der Waals surface area contributed by atoms with Gasteiger partial charge in [-0.25, -0.2) is 0 Å². The number of hydrogen-bond donors (Lipinski definition) is 2. The highest BCUT2D eigenvalue weighted by molar-refractivity contribution is 7.80. The summed E-state index contributed by atoms with van der Waals surface area (Å²) < 4.78 is 1.15. The molecule has 1 heterocycles. The fourth-order valence-electron chi connectivity index (χ4n) is 1.01. The van der Waals surface area contributed by atoms with Gasteiger partial charge in [0.2, 0.25) is 0 Å². The standard InChI is InChI=1S/C9H8N6S/c1-2-3-13-9(16)15-8(12)6(4-10)7(5-11)14-15/h2H,1,3,12H2,(H,13,16).